The molecule has 1 aliphatic carbocycles. The van der Waals surface area contributed by atoms with E-state index in [1.54, 1.807) is 4.90 Å². The van der Waals surface area contributed by atoms with Crippen LogP contribution in [0.3, 0.4) is 0 Å². The Labute approximate surface area is 227 Å². The van der Waals surface area contributed by atoms with E-state index in [0.29, 0.717) is 38.1 Å². The van der Waals surface area contributed by atoms with Gasteiger partial charge in [0.1, 0.15) is 5.60 Å². The third kappa shape index (κ3) is 5.28. The maximum absolute atomic E-state index is 13.1. The first-order valence-electron chi connectivity index (χ1n) is 12.7. The van der Waals surface area contributed by atoms with Crippen LogP contribution in [0.5, 0.6) is 0 Å². The standard InChI is InChI=1S/C27H29BrN6O4/c1-2-7-22(35)34(16-27(38-26(36)37)12-5-6-13-27)15-17-10-11-21-20(14-17)23(28)24(29-21)18-8-3-4-9-19(18)25-30-32-33-31-25/h3-4,8-11,14,29H,2,5-7,12-13,15-16H2,1H3,(H,36,37)(H,30,31,32,33). The van der Waals surface area contributed by atoms with Gasteiger partial charge in [-0.2, -0.15) is 5.21 Å². The van der Waals surface area contributed by atoms with E-state index in [0.717, 1.165) is 50.6 Å². The molecular weight excluding hydrogens is 552 g/mol. The Hall–Kier alpha value is -3.73. The number of fused-ring (bicyclic) bond motifs is 1. The van der Waals surface area contributed by atoms with Gasteiger partial charge in [0.05, 0.1) is 16.7 Å². The number of tetrazole rings is 1. The normalized spacial score (nSPS) is 14.6. The molecule has 1 aliphatic rings. The van der Waals surface area contributed by atoms with Crippen LogP contribution in [0, 0.1) is 0 Å². The molecule has 0 aliphatic heterocycles. The number of carbonyl (C=O) groups is 2. The lowest BCUT2D eigenvalue weighted by atomic mass is 10.00. The SMILES string of the molecule is CCCC(=O)N(Cc1ccc2[nH]c(-c3ccccc3-c3nn[nH]n3)c(Br)c2c1)CC1(OC(=O)O)CCCC1. The van der Waals surface area contributed by atoms with Crippen LogP contribution in [0.2, 0.25) is 0 Å². The fraction of sp³-hybridized carbons (Fsp3) is 0.370. The van der Waals surface area contributed by atoms with Crippen LogP contribution < -0.4 is 0 Å². The molecule has 0 saturated heterocycles. The minimum Gasteiger partial charge on any atom is -0.450 e. The number of carbonyl (C=O) groups excluding carboxylic acids is 1. The number of aromatic nitrogens is 5. The number of halogens is 1. The van der Waals surface area contributed by atoms with Crippen LogP contribution in [-0.4, -0.2) is 59.8 Å². The van der Waals surface area contributed by atoms with E-state index in [-0.39, 0.29) is 12.5 Å². The quantitative estimate of drug-likeness (QED) is 0.209. The summed E-state index contributed by atoms with van der Waals surface area (Å²) in [7, 11) is 0. The van der Waals surface area contributed by atoms with Gasteiger partial charge in [0.2, 0.25) is 11.7 Å². The summed E-state index contributed by atoms with van der Waals surface area (Å²) < 4.78 is 6.26. The fourth-order valence-corrected chi connectivity index (χ4v) is 5.97. The molecule has 2 aromatic heterocycles. The number of hydrogen-bond acceptors (Lipinski definition) is 6. The topological polar surface area (TPSA) is 137 Å². The average Bonchev–Trinajstić information content (AvgIpc) is 3.65. The van der Waals surface area contributed by atoms with Crippen LogP contribution >= 0.6 is 15.9 Å². The maximum Gasteiger partial charge on any atom is 0.506 e. The Bertz CT molecular complexity index is 1450. The van der Waals surface area contributed by atoms with Gasteiger partial charge >= 0.3 is 6.16 Å². The molecule has 2 heterocycles. The summed E-state index contributed by atoms with van der Waals surface area (Å²) in [5.74, 6) is 0.497. The van der Waals surface area contributed by atoms with Crippen molar-refractivity contribution in [1.82, 2.24) is 30.5 Å². The Morgan fingerprint density at radius 2 is 1.92 bits per heavy atom. The van der Waals surface area contributed by atoms with Gasteiger partial charge in [-0.1, -0.05) is 37.3 Å². The van der Waals surface area contributed by atoms with Crippen molar-refractivity contribution in [3.05, 3.63) is 52.5 Å². The number of carboxylic acid groups (broad SMARTS) is 1. The van der Waals surface area contributed by atoms with Gasteiger partial charge in [-0.15, -0.1) is 10.2 Å². The Morgan fingerprint density at radius 3 is 2.61 bits per heavy atom. The highest BCUT2D eigenvalue weighted by atomic mass is 79.9. The molecule has 0 radical (unpaired) electrons. The summed E-state index contributed by atoms with van der Waals surface area (Å²) in [6.07, 6.45) is 2.85. The first-order valence-corrected chi connectivity index (χ1v) is 13.5. The number of nitrogens with zero attached hydrogens (tertiary/aromatic N) is 4. The zero-order valence-electron chi connectivity index (χ0n) is 21.0. The van der Waals surface area contributed by atoms with Gasteiger partial charge in [0.25, 0.3) is 0 Å². The van der Waals surface area contributed by atoms with Crippen molar-refractivity contribution < 1.29 is 19.4 Å². The molecule has 1 saturated carbocycles. The molecule has 1 fully saturated rings. The zero-order valence-corrected chi connectivity index (χ0v) is 22.6. The second-order valence-electron chi connectivity index (χ2n) is 9.73. The van der Waals surface area contributed by atoms with E-state index >= 15 is 0 Å². The molecule has 3 N–H and O–H groups in total. The van der Waals surface area contributed by atoms with Crippen molar-refractivity contribution >= 4 is 38.9 Å². The summed E-state index contributed by atoms with van der Waals surface area (Å²) in [6.45, 7) is 2.59. The molecular formula is C27H29BrN6O4. The fourth-order valence-electron chi connectivity index (χ4n) is 5.33. The van der Waals surface area contributed by atoms with Gasteiger partial charge < -0.3 is 19.7 Å². The minimum absolute atomic E-state index is 0.00396. The summed E-state index contributed by atoms with van der Waals surface area (Å²) in [4.78, 5) is 29.8. The molecule has 5 rings (SSSR count). The van der Waals surface area contributed by atoms with E-state index < -0.39 is 11.8 Å². The Balaban J connectivity index is 1.47. The number of benzene rings is 2. The smallest absolute Gasteiger partial charge is 0.450 e. The number of amides is 1. The van der Waals surface area contributed by atoms with Gasteiger partial charge in [0.15, 0.2) is 0 Å². The number of nitrogens with one attached hydrogen (secondary N) is 2. The van der Waals surface area contributed by atoms with E-state index in [1.165, 1.54) is 0 Å². The second-order valence-corrected chi connectivity index (χ2v) is 10.5. The highest BCUT2D eigenvalue weighted by molar-refractivity contribution is 9.10. The minimum atomic E-state index is -1.29. The van der Waals surface area contributed by atoms with Crippen molar-refractivity contribution in [1.29, 1.82) is 0 Å². The summed E-state index contributed by atoms with van der Waals surface area (Å²) in [5, 5.41) is 24.8. The molecule has 10 nitrogen and oxygen atoms in total. The number of hydrogen-bond donors (Lipinski definition) is 3. The first kappa shape index (κ1) is 25.9. The third-order valence-electron chi connectivity index (χ3n) is 7.07. The molecule has 4 aromatic rings. The van der Waals surface area contributed by atoms with Gasteiger partial charge in [0, 0.05) is 35.0 Å². The molecule has 198 valence electrons. The monoisotopic (exact) mass is 580 g/mol. The van der Waals surface area contributed by atoms with Crippen LogP contribution in [0.1, 0.15) is 51.0 Å². The predicted molar refractivity (Wildman–Crippen MR) is 145 cm³/mol. The molecule has 0 unspecified atom stereocenters. The van der Waals surface area contributed by atoms with Crippen molar-refractivity contribution in [2.45, 2.75) is 57.6 Å². The summed E-state index contributed by atoms with van der Waals surface area (Å²) in [5.41, 5.74) is 3.68. The Kier molecular flexibility index (Phi) is 7.46. The van der Waals surface area contributed by atoms with Crippen molar-refractivity contribution in [3.8, 4) is 22.6 Å². The van der Waals surface area contributed by atoms with Gasteiger partial charge in [-0.3, -0.25) is 4.79 Å². The maximum atomic E-state index is 13.1. The first-order chi connectivity index (χ1) is 18.4. The molecule has 0 atom stereocenters. The molecule has 11 heteroatoms. The largest absolute Gasteiger partial charge is 0.506 e. The molecule has 1 amide bonds. The molecule has 38 heavy (non-hydrogen) atoms. The highest BCUT2D eigenvalue weighted by Gasteiger charge is 2.40. The van der Waals surface area contributed by atoms with Crippen LogP contribution in [0.4, 0.5) is 4.79 Å². The number of H-pyrrole nitrogens is 2. The average molecular weight is 581 g/mol. The predicted octanol–water partition coefficient (Wildman–Crippen LogP) is 5.91. The third-order valence-corrected chi connectivity index (χ3v) is 7.89. The van der Waals surface area contributed by atoms with E-state index in [2.05, 4.69) is 47.6 Å². The van der Waals surface area contributed by atoms with Crippen LogP contribution in [0.25, 0.3) is 33.5 Å². The van der Waals surface area contributed by atoms with E-state index in [1.807, 2.05) is 43.3 Å². The van der Waals surface area contributed by atoms with Crippen molar-refractivity contribution in [2.75, 3.05) is 6.54 Å². The Morgan fingerprint density at radius 1 is 1.16 bits per heavy atom. The van der Waals surface area contributed by atoms with Gasteiger partial charge in [-0.05, 0) is 70.9 Å². The van der Waals surface area contributed by atoms with Gasteiger partial charge in [-0.25, -0.2) is 4.79 Å². The zero-order chi connectivity index (χ0) is 26.7. The lowest BCUT2D eigenvalue weighted by molar-refractivity contribution is -0.136. The lowest BCUT2D eigenvalue weighted by Gasteiger charge is -2.34. The number of rotatable bonds is 9. The number of ether oxygens (including phenoxy) is 1. The summed E-state index contributed by atoms with van der Waals surface area (Å²) in [6, 6.07) is 13.9. The van der Waals surface area contributed by atoms with E-state index in [4.69, 9.17) is 4.74 Å². The molecule has 0 spiro atoms. The number of aromatic amines is 2. The van der Waals surface area contributed by atoms with E-state index in [9.17, 15) is 14.7 Å². The van der Waals surface area contributed by atoms with Crippen LogP contribution in [-0.2, 0) is 16.1 Å². The molecule has 2 aromatic carbocycles. The van der Waals surface area contributed by atoms with Crippen LogP contribution in [0.15, 0.2) is 46.9 Å². The van der Waals surface area contributed by atoms with Crippen molar-refractivity contribution in [2.24, 2.45) is 0 Å². The summed E-state index contributed by atoms with van der Waals surface area (Å²) >= 11 is 3.79. The highest BCUT2D eigenvalue weighted by Crippen LogP contribution is 2.39. The lowest BCUT2D eigenvalue weighted by Crippen LogP contribution is -2.46. The second kappa shape index (κ2) is 10.9. The van der Waals surface area contributed by atoms with Crippen molar-refractivity contribution in [3.63, 3.8) is 0 Å². The molecule has 0 bridgehead atoms.